The molecule has 0 N–H and O–H groups in total. The van der Waals surface area contributed by atoms with Gasteiger partial charge in [-0.05, 0) is 70.1 Å². The Bertz CT molecular complexity index is 1450. The smallest absolute Gasteiger partial charge is 0.0543 e. The molecule has 5 aromatic carbocycles. The van der Waals surface area contributed by atoms with Crippen molar-refractivity contribution >= 4 is 39.4 Å². The summed E-state index contributed by atoms with van der Waals surface area (Å²) in [5.74, 6) is 0. The Hall–Kier alpha value is -3.55. The van der Waals surface area contributed by atoms with Crippen molar-refractivity contribution in [2.24, 2.45) is 0 Å². The average Bonchev–Trinajstić information content (AvgIpc) is 3.07. The topological polar surface area (TPSA) is 3.24 Å². The molecule has 0 fully saturated rings. The van der Waals surface area contributed by atoms with Crippen LogP contribution in [0, 0.1) is 0 Å². The minimum absolute atomic E-state index is 0.145. The van der Waals surface area contributed by atoms with Crippen LogP contribution in [0.25, 0.3) is 21.9 Å². The van der Waals surface area contributed by atoms with Crippen LogP contribution in [0.3, 0.4) is 0 Å². The minimum Gasteiger partial charge on any atom is -0.310 e. The lowest BCUT2D eigenvalue weighted by atomic mass is 9.81. The summed E-state index contributed by atoms with van der Waals surface area (Å²) < 4.78 is 0. The van der Waals surface area contributed by atoms with Gasteiger partial charge < -0.3 is 4.90 Å². The van der Waals surface area contributed by atoms with E-state index in [0.717, 1.165) is 16.4 Å². The lowest BCUT2D eigenvalue weighted by molar-refractivity contribution is 0.661. The van der Waals surface area contributed by atoms with Gasteiger partial charge in [0, 0.05) is 27.2 Å². The summed E-state index contributed by atoms with van der Waals surface area (Å²) in [5, 5.41) is 3.30. The van der Waals surface area contributed by atoms with Gasteiger partial charge in [-0.25, -0.2) is 0 Å². The number of halogens is 1. The van der Waals surface area contributed by atoms with E-state index >= 15 is 0 Å². The van der Waals surface area contributed by atoms with Crippen molar-refractivity contribution < 1.29 is 0 Å². The molecule has 0 unspecified atom stereocenters. The van der Waals surface area contributed by atoms with Gasteiger partial charge in [-0.15, -0.1) is 0 Å². The number of rotatable bonds is 3. The molecule has 1 aliphatic rings. The summed E-state index contributed by atoms with van der Waals surface area (Å²) in [7, 11) is 0. The molecule has 0 saturated carbocycles. The number of hydrogen-bond donors (Lipinski definition) is 0. The zero-order chi connectivity index (χ0) is 22.6. The summed E-state index contributed by atoms with van der Waals surface area (Å²) in [6.07, 6.45) is 0. The molecule has 160 valence electrons. The highest BCUT2D eigenvalue weighted by molar-refractivity contribution is 6.31. The third-order valence-corrected chi connectivity index (χ3v) is 7.13. The van der Waals surface area contributed by atoms with E-state index in [0.29, 0.717) is 0 Å². The second-order valence-electron chi connectivity index (χ2n) is 9.19. The Morgan fingerprint density at radius 3 is 1.82 bits per heavy atom. The van der Waals surface area contributed by atoms with Crippen LogP contribution >= 0.6 is 11.6 Å². The van der Waals surface area contributed by atoms with Crippen LogP contribution in [0.5, 0.6) is 0 Å². The molecule has 0 aliphatic heterocycles. The van der Waals surface area contributed by atoms with Gasteiger partial charge >= 0.3 is 0 Å². The van der Waals surface area contributed by atoms with Crippen molar-refractivity contribution in [1.29, 1.82) is 0 Å². The van der Waals surface area contributed by atoms with E-state index in [1.54, 1.807) is 0 Å². The predicted octanol–water partition coefficient (Wildman–Crippen LogP) is 9.27. The first kappa shape index (κ1) is 20.1. The lowest BCUT2D eigenvalue weighted by Gasteiger charge is -2.29. The van der Waals surface area contributed by atoms with Gasteiger partial charge in [0.15, 0.2) is 0 Å². The van der Waals surface area contributed by atoms with Gasteiger partial charge in [0.25, 0.3) is 0 Å². The Labute approximate surface area is 199 Å². The Kier molecular flexibility index (Phi) is 4.57. The monoisotopic (exact) mass is 445 g/mol. The fourth-order valence-electron chi connectivity index (χ4n) is 5.30. The van der Waals surface area contributed by atoms with Crippen LogP contribution in [0.15, 0.2) is 109 Å². The van der Waals surface area contributed by atoms with Crippen LogP contribution in [-0.2, 0) is 5.41 Å². The maximum Gasteiger partial charge on any atom is 0.0543 e. The lowest BCUT2D eigenvalue weighted by Crippen LogP contribution is -2.17. The second-order valence-corrected chi connectivity index (χ2v) is 9.62. The highest BCUT2D eigenvalue weighted by Gasteiger charge is 2.38. The fourth-order valence-corrected chi connectivity index (χ4v) is 5.47. The molecule has 6 rings (SSSR count). The number of benzene rings is 5. The van der Waals surface area contributed by atoms with Crippen LogP contribution in [0.4, 0.5) is 17.1 Å². The molecular weight excluding hydrogens is 422 g/mol. The summed E-state index contributed by atoms with van der Waals surface area (Å²) >= 11 is 6.45. The SMILES string of the molecule is CC1(C)c2cc(Cl)ccc2-c2c1cc(N(c1ccccc1)c1ccccc1)c1ccccc21. The van der Waals surface area contributed by atoms with Gasteiger partial charge in [-0.1, -0.05) is 92.2 Å². The number of anilines is 3. The molecule has 0 aromatic heterocycles. The standard InChI is InChI=1S/C31H24ClN/c1-31(2)27-19-21(32)17-18-26(27)30-25-16-10-9-15-24(25)29(20-28(30)31)33(22-11-5-3-6-12-22)23-13-7-4-8-14-23/h3-20H,1-2H3. The first-order valence-corrected chi connectivity index (χ1v) is 11.7. The van der Waals surface area contributed by atoms with Crippen LogP contribution in [0.2, 0.25) is 5.02 Å². The highest BCUT2D eigenvalue weighted by Crippen LogP contribution is 2.54. The molecule has 1 aliphatic carbocycles. The van der Waals surface area contributed by atoms with Gasteiger partial charge in [0.05, 0.1) is 5.69 Å². The largest absolute Gasteiger partial charge is 0.310 e. The first-order chi connectivity index (χ1) is 16.1. The average molecular weight is 446 g/mol. The van der Waals surface area contributed by atoms with Gasteiger partial charge in [0.2, 0.25) is 0 Å². The van der Waals surface area contributed by atoms with Crippen molar-refractivity contribution in [2.75, 3.05) is 4.90 Å². The molecule has 0 spiro atoms. The summed E-state index contributed by atoms with van der Waals surface area (Å²) in [5.41, 5.74) is 8.57. The van der Waals surface area contributed by atoms with Crippen molar-refractivity contribution in [1.82, 2.24) is 0 Å². The molecule has 2 heteroatoms. The Balaban J connectivity index is 1.71. The number of fused-ring (bicyclic) bond motifs is 5. The summed E-state index contributed by atoms with van der Waals surface area (Å²) in [4.78, 5) is 2.37. The van der Waals surface area contributed by atoms with E-state index in [2.05, 4.69) is 122 Å². The van der Waals surface area contributed by atoms with E-state index in [9.17, 15) is 0 Å². The molecule has 1 nitrogen and oxygen atoms in total. The number of para-hydroxylation sites is 2. The maximum absolute atomic E-state index is 6.45. The first-order valence-electron chi connectivity index (χ1n) is 11.3. The van der Waals surface area contributed by atoms with Gasteiger partial charge in [-0.3, -0.25) is 0 Å². The third kappa shape index (κ3) is 3.08. The molecule has 0 heterocycles. The predicted molar refractivity (Wildman–Crippen MR) is 141 cm³/mol. The van der Waals surface area contributed by atoms with E-state index < -0.39 is 0 Å². The fraction of sp³-hybridized carbons (Fsp3) is 0.0968. The molecule has 5 aromatic rings. The van der Waals surface area contributed by atoms with Crippen molar-refractivity contribution in [3.63, 3.8) is 0 Å². The molecule has 33 heavy (non-hydrogen) atoms. The third-order valence-electron chi connectivity index (χ3n) is 6.89. The zero-order valence-electron chi connectivity index (χ0n) is 18.7. The molecule has 0 saturated heterocycles. The zero-order valence-corrected chi connectivity index (χ0v) is 19.5. The van der Waals surface area contributed by atoms with Crippen molar-refractivity contribution in [3.05, 3.63) is 125 Å². The number of nitrogens with zero attached hydrogens (tertiary/aromatic N) is 1. The summed E-state index contributed by atoms with van der Waals surface area (Å²) in [6, 6.07) is 38.7. The highest BCUT2D eigenvalue weighted by atomic mass is 35.5. The van der Waals surface area contributed by atoms with E-state index in [1.807, 2.05) is 6.07 Å². The molecule has 0 atom stereocenters. The van der Waals surface area contributed by atoms with Gasteiger partial charge in [0.1, 0.15) is 0 Å². The molecule has 0 amide bonds. The van der Waals surface area contributed by atoms with E-state index in [4.69, 9.17) is 11.6 Å². The Morgan fingerprint density at radius 1 is 0.606 bits per heavy atom. The van der Waals surface area contributed by atoms with E-state index in [-0.39, 0.29) is 5.41 Å². The molecule has 0 radical (unpaired) electrons. The van der Waals surface area contributed by atoms with Crippen LogP contribution in [0.1, 0.15) is 25.0 Å². The van der Waals surface area contributed by atoms with E-state index in [1.165, 1.54) is 38.7 Å². The Morgan fingerprint density at radius 2 is 1.18 bits per heavy atom. The molecule has 0 bridgehead atoms. The van der Waals surface area contributed by atoms with Crippen LogP contribution in [-0.4, -0.2) is 0 Å². The molecular formula is C31H24ClN. The summed E-state index contributed by atoms with van der Waals surface area (Å²) in [6.45, 7) is 4.61. The van der Waals surface area contributed by atoms with Gasteiger partial charge in [-0.2, -0.15) is 0 Å². The van der Waals surface area contributed by atoms with Crippen molar-refractivity contribution in [3.8, 4) is 11.1 Å². The normalized spacial score (nSPS) is 13.5. The quantitative estimate of drug-likeness (QED) is 0.267. The second kappa shape index (κ2) is 7.50. The van der Waals surface area contributed by atoms with Crippen molar-refractivity contribution in [2.45, 2.75) is 19.3 Å². The van der Waals surface area contributed by atoms with Crippen LogP contribution < -0.4 is 4.90 Å². The number of hydrogen-bond acceptors (Lipinski definition) is 1. The minimum atomic E-state index is -0.145. The maximum atomic E-state index is 6.45.